The van der Waals surface area contributed by atoms with Crippen LogP contribution >= 0.6 is 0 Å². The Morgan fingerprint density at radius 3 is 3.10 bits per heavy atom. The van der Waals surface area contributed by atoms with Crippen LogP contribution in [0.25, 0.3) is 10.4 Å². The molecule has 5 nitrogen and oxygen atoms in total. The van der Waals surface area contributed by atoms with E-state index in [-0.39, 0.29) is 12.1 Å². The maximum Gasteiger partial charge on any atom is 0.0957 e. The second kappa shape index (κ2) is 3.06. The number of nitrogens with one attached hydrogen (secondary N) is 1. The average Bonchev–Trinajstić information content (AvgIpc) is 2.37. The van der Waals surface area contributed by atoms with Gasteiger partial charge in [0.2, 0.25) is 0 Å². The minimum Gasteiger partial charge on any atom is -0.302 e. The summed E-state index contributed by atoms with van der Waals surface area (Å²) >= 11 is 0. The summed E-state index contributed by atoms with van der Waals surface area (Å²) in [5, 5.41) is 14.8. The molecule has 0 saturated carbocycles. The van der Waals surface area contributed by atoms with E-state index >= 15 is 0 Å². The normalized spacial score (nSPS) is 30.7. The third kappa shape index (κ3) is 1.38. The molecule has 1 N–H and O–H groups in total. The first kappa shape index (κ1) is 6.87. The Hall–Kier alpha value is -1.24. The van der Waals surface area contributed by atoms with Gasteiger partial charge in [-0.3, -0.25) is 0 Å². The highest BCUT2D eigenvalue weighted by atomic mass is 15.2. The summed E-state index contributed by atoms with van der Waals surface area (Å²) in [5.41, 5.74) is 8.03. The summed E-state index contributed by atoms with van der Waals surface area (Å²) < 4.78 is 0. The van der Waals surface area contributed by atoms with Gasteiger partial charge in [0.25, 0.3) is 0 Å². The summed E-state index contributed by atoms with van der Waals surface area (Å²) in [6.07, 6.45) is 0.639. The largest absolute Gasteiger partial charge is 0.302 e. The van der Waals surface area contributed by atoms with Crippen LogP contribution in [-0.2, 0) is 0 Å². The van der Waals surface area contributed by atoms with Crippen molar-refractivity contribution in [1.82, 2.24) is 5.32 Å². The van der Waals surface area contributed by atoms with Gasteiger partial charge in [-0.1, -0.05) is 5.11 Å². The van der Waals surface area contributed by atoms with Crippen LogP contribution in [-0.4, -0.2) is 18.6 Å². The van der Waals surface area contributed by atoms with Crippen molar-refractivity contribution in [3.05, 3.63) is 10.4 Å². The summed E-state index contributed by atoms with van der Waals surface area (Å²) in [5.74, 6) is 0. The van der Waals surface area contributed by atoms with E-state index in [2.05, 4.69) is 21.4 Å². The van der Waals surface area contributed by atoms with Crippen LogP contribution in [0.4, 0.5) is 0 Å². The lowest BCUT2D eigenvalue weighted by Gasteiger charge is -1.93. The van der Waals surface area contributed by atoms with E-state index in [1.807, 2.05) is 0 Å². The Morgan fingerprint density at radius 2 is 2.60 bits per heavy atom. The van der Waals surface area contributed by atoms with Crippen molar-refractivity contribution in [2.45, 2.75) is 18.5 Å². The molecule has 52 valence electrons. The smallest absolute Gasteiger partial charge is 0.0957 e. The molecule has 0 unspecified atom stereocenters. The standard InChI is InChI=1S/C5H7N5/c6-2-4-1-5(3-8-4)9-10-7/h4-5,8H,1,3H2/t4-,5-/m0/s1. The molecule has 1 aliphatic rings. The fourth-order valence-electron chi connectivity index (χ4n) is 0.976. The van der Waals surface area contributed by atoms with E-state index < -0.39 is 0 Å². The van der Waals surface area contributed by atoms with Crippen LogP contribution in [0.2, 0.25) is 0 Å². The zero-order chi connectivity index (χ0) is 7.40. The molecule has 2 atom stereocenters. The molecule has 0 aromatic carbocycles. The number of nitriles is 1. The molecule has 1 saturated heterocycles. The fraction of sp³-hybridized carbons (Fsp3) is 0.800. The van der Waals surface area contributed by atoms with Gasteiger partial charge in [-0.05, 0) is 12.0 Å². The molecule has 0 aromatic heterocycles. The number of rotatable bonds is 1. The monoisotopic (exact) mass is 137 g/mol. The van der Waals surface area contributed by atoms with Crippen LogP contribution in [0.5, 0.6) is 0 Å². The summed E-state index contributed by atoms with van der Waals surface area (Å²) in [4.78, 5) is 2.66. The van der Waals surface area contributed by atoms with Gasteiger partial charge in [-0.15, -0.1) is 0 Å². The average molecular weight is 137 g/mol. The highest BCUT2D eigenvalue weighted by Gasteiger charge is 2.21. The molecule has 1 aliphatic heterocycles. The van der Waals surface area contributed by atoms with Gasteiger partial charge < -0.3 is 5.32 Å². The molecule has 0 spiro atoms. The second-order valence-electron chi connectivity index (χ2n) is 2.18. The van der Waals surface area contributed by atoms with Crippen LogP contribution in [0.1, 0.15) is 6.42 Å². The molecule has 1 heterocycles. The molecular formula is C5H7N5. The van der Waals surface area contributed by atoms with E-state index in [1.165, 1.54) is 0 Å². The molecule has 10 heavy (non-hydrogen) atoms. The van der Waals surface area contributed by atoms with E-state index in [0.717, 1.165) is 0 Å². The Balaban J connectivity index is 2.44. The first-order valence-electron chi connectivity index (χ1n) is 3.04. The lowest BCUT2D eigenvalue weighted by Crippen LogP contribution is -2.18. The Labute approximate surface area is 58.3 Å². The molecule has 0 aliphatic carbocycles. The maximum atomic E-state index is 8.40. The van der Waals surface area contributed by atoms with Crippen LogP contribution in [0, 0.1) is 11.3 Å². The minimum atomic E-state index is -0.129. The zero-order valence-corrected chi connectivity index (χ0v) is 5.36. The second-order valence-corrected chi connectivity index (χ2v) is 2.18. The Kier molecular flexibility index (Phi) is 2.11. The van der Waals surface area contributed by atoms with Gasteiger partial charge in [-0.25, -0.2) is 0 Å². The van der Waals surface area contributed by atoms with Gasteiger partial charge in [0.15, 0.2) is 0 Å². The number of nitrogens with zero attached hydrogens (tertiary/aromatic N) is 4. The van der Waals surface area contributed by atoms with Gasteiger partial charge in [0, 0.05) is 11.5 Å². The van der Waals surface area contributed by atoms with Gasteiger partial charge in [0.1, 0.15) is 0 Å². The summed E-state index contributed by atoms with van der Waals surface area (Å²) in [6.45, 7) is 0.627. The summed E-state index contributed by atoms with van der Waals surface area (Å²) in [7, 11) is 0. The Morgan fingerprint density at radius 1 is 1.80 bits per heavy atom. The van der Waals surface area contributed by atoms with Gasteiger partial charge in [-0.2, -0.15) is 5.26 Å². The summed E-state index contributed by atoms with van der Waals surface area (Å²) in [6, 6.07) is 1.90. The van der Waals surface area contributed by atoms with E-state index in [0.29, 0.717) is 13.0 Å². The predicted octanol–water partition coefficient (Wildman–Crippen LogP) is 0.551. The maximum absolute atomic E-state index is 8.40. The lowest BCUT2D eigenvalue weighted by molar-refractivity contribution is 0.721. The zero-order valence-electron chi connectivity index (χ0n) is 5.36. The third-order valence-electron chi connectivity index (χ3n) is 1.48. The number of azide groups is 1. The van der Waals surface area contributed by atoms with Crippen molar-refractivity contribution in [3.63, 3.8) is 0 Å². The van der Waals surface area contributed by atoms with Crippen LogP contribution in [0.3, 0.4) is 0 Å². The quantitative estimate of drug-likeness (QED) is 0.325. The topological polar surface area (TPSA) is 84.6 Å². The predicted molar refractivity (Wildman–Crippen MR) is 35.0 cm³/mol. The van der Waals surface area contributed by atoms with Crippen molar-refractivity contribution in [2.75, 3.05) is 6.54 Å². The van der Waals surface area contributed by atoms with Gasteiger partial charge >= 0.3 is 0 Å². The molecule has 0 amide bonds. The van der Waals surface area contributed by atoms with Crippen molar-refractivity contribution in [3.8, 4) is 6.07 Å². The third-order valence-corrected chi connectivity index (χ3v) is 1.48. The first-order valence-corrected chi connectivity index (χ1v) is 3.04. The Bertz CT molecular complexity index is 199. The van der Waals surface area contributed by atoms with E-state index in [1.54, 1.807) is 0 Å². The molecule has 1 rings (SSSR count). The molecule has 1 fully saturated rings. The van der Waals surface area contributed by atoms with E-state index in [4.69, 9.17) is 10.8 Å². The van der Waals surface area contributed by atoms with E-state index in [9.17, 15) is 0 Å². The van der Waals surface area contributed by atoms with Crippen molar-refractivity contribution in [2.24, 2.45) is 5.11 Å². The van der Waals surface area contributed by atoms with Crippen molar-refractivity contribution in [1.29, 1.82) is 5.26 Å². The van der Waals surface area contributed by atoms with Crippen molar-refractivity contribution < 1.29 is 0 Å². The number of hydrogen-bond acceptors (Lipinski definition) is 3. The molecular weight excluding hydrogens is 130 g/mol. The van der Waals surface area contributed by atoms with Crippen molar-refractivity contribution >= 4 is 0 Å². The fourth-order valence-corrected chi connectivity index (χ4v) is 0.976. The van der Waals surface area contributed by atoms with Crippen LogP contribution in [0.15, 0.2) is 5.11 Å². The highest BCUT2D eigenvalue weighted by molar-refractivity contribution is 4.99. The molecule has 0 radical (unpaired) electrons. The SMILES string of the molecule is N#C[C@@H]1C[C@H](N=[N+]=[N-])CN1. The van der Waals surface area contributed by atoms with Gasteiger partial charge in [0.05, 0.1) is 18.2 Å². The first-order chi connectivity index (χ1) is 4.86. The highest BCUT2D eigenvalue weighted by Crippen LogP contribution is 2.08. The minimum absolute atomic E-state index is 0.0327. The number of hydrogen-bond donors (Lipinski definition) is 1. The molecule has 0 bridgehead atoms. The molecule has 0 aromatic rings. The van der Waals surface area contributed by atoms with Crippen LogP contribution < -0.4 is 5.32 Å². The molecule has 5 heteroatoms. The lowest BCUT2D eigenvalue weighted by atomic mass is 10.2.